The van der Waals surface area contributed by atoms with Gasteiger partial charge in [-0.25, -0.2) is 13.2 Å². The van der Waals surface area contributed by atoms with E-state index in [4.69, 9.17) is 0 Å². The molecule has 1 aromatic carbocycles. The van der Waals surface area contributed by atoms with Crippen LogP contribution in [0.15, 0.2) is 12.1 Å². The largest absolute Gasteiger partial charge is 0.204 e. The molecule has 3 aliphatic carbocycles. The predicted molar refractivity (Wildman–Crippen MR) is 93.8 cm³/mol. The summed E-state index contributed by atoms with van der Waals surface area (Å²) in [5.41, 5.74) is 1.33. The van der Waals surface area contributed by atoms with E-state index in [9.17, 15) is 13.2 Å². The average molecular weight is 350 g/mol. The van der Waals surface area contributed by atoms with Crippen LogP contribution in [-0.4, -0.2) is 0 Å². The van der Waals surface area contributed by atoms with Crippen molar-refractivity contribution in [3.05, 3.63) is 35.1 Å². The summed E-state index contributed by atoms with van der Waals surface area (Å²) in [4.78, 5) is 0. The van der Waals surface area contributed by atoms with Gasteiger partial charge in [-0.05, 0) is 111 Å². The first kappa shape index (κ1) is 17.4. The molecule has 1 spiro atoms. The Hall–Kier alpha value is -0.990. The molecule has 1 aromatic rings. The van der Waals surface area contributed by atoms with Gasteiger partial charge in [-0.3, -0.25) is 0 Å². The van der Waals surface area contributed by atoms with Gasteiger partial charge in [0.2, 0.25) is 0 Å². The summed E-state index contributed by atoms with van der Waals surface area (Å²) in [6.45, 7) is 2.37. The molecule has 0 aromatic heterocycles. The van der Waals surface area contributed by atoms with Crippen LogP contribution in [0, 0.1) is 40.6 Å². The molecule has 0 unspecified atom stereocenters. The van der Waals surface area contributed by atoms with Gasteiger partial charge in [0.1, 0.15) is 0 Å². The minimum absolute atomic E-state index is 0.184. The molecule has 4 rings (SSSR count). The molecule has 0 radical (unpaired) electrons. The lowest BCUT2D eigenvalue weighted by atomic mass is 9.53. The topological polar surface area (TPSA) is 0 Å². The van der Waals surface area contributed by atoms with E-state index in [1.54, 1.807) is 0 Å². The van der Waals surface area contributed by atoms with Crippen LogP contribution in [0.1, 0.15) is 82.6 Å². The smallest absolute Gasteiger partial charge is 0.194 e. The lowest BCUT2D eigenvalue weighted by Gasteiger charge is -2.52. The summed E-state index contributed by atoms with van der Waals surface area (Å²) in [6, 6.07) is 2.40. The van der Waals surface area contributed by atoms with Gasteiger partial charge in [-0.1, -0.05) is 6.92 Å². The normalized spacial score (nSPS) is 38.6. The van der Waals surface area contributed by atoms with Gasteiger partial charge in [0, 0.05) is 0 Å². The molecule has 0 N–H and O–H groups in total. The Bertz CT molecular complexity index is 591. The van der Waals surface area contributed by atoms with Crippen molar-refractivity contribution in [1.29, 1.82) is 0 Å². The first-order valence-corrected chi connectivity index (χ1v) is 10.1. The van der Waals surface area contributed by atoms with Crippen LogP contribution in [0.3, 0.4) is 0 Å². The maximum atomic E-state index is 13.5. The minimum atomic E-state index is -1.35. The Kier molecular flexibility index (Phi) is 4.62. The van der Waals surface area contributed by atoms with E-state index in [2.05, 4.69) is 6.92 Å². The summed E-state index contributed by atoms with van der Waals surface area (Å²) < 4.78 is 40.1. The fraction of sp³-hybridized carbons (Fsp3) is 0.727. The summed E-state index contributed by atoms with van der Waals surface area (Å²) in [6.07, 6.45) is 12.7. The molecule has 0 saturated heterocycles. The highest BCUT2D eigenvalue weighted by molar-refractivity contribution is 5.23. The zero-order valence-electron chi connectivity index (χ0n) is 15.2. The van der Waals surface area contributed by atoms with E-state index in [0.29, 0.717) is 11.0 Å². The van der Waals surface area contributed by atoms with Gasteiger partial charge in [0.15, 0.2) is 17.5 Å². The number of halogens is 3. The van der Waals surface area contributed by atoms with Crippen molar-refractivity contribution >= 4 is 0 Å². The molecule has 0 bridgehead atoms. The van der Waals surface area contributed by atoms with Crippen LogP contribution in [0.25, 0.3) is 0 Å². The quantitative estimate of drug-likeness (QED) is 0.505. The van der Waals surface area contributed by atoms with Gasteiger partial charge in [-0.2, -0.15) is 0 Å². The molecule has 0 heterocycles. The van der Waals surface area contributed by atoms with Crippen LogP contribution in [0.4, 0.5) is 13.2 Å². The Morgan fingerprint density at radius 1 is 0.800 bits per heavy atom. The van der Waals surface area contributed by atoms with E-state index in [-0.39, 0.29) is 5.92 Å². The average Bonchev–Trinajstić information content (AvgIpc) is 2.59. The monoisotopic (exact) mass is 350 g/mol. The Morgan fingerprint density at radius 3 is 1.84 bits per heavy atom. The third kappa shape index (κ3) is 3.36. The SMILES string of the molecule is CC1CC2(CCC([C@H]3CC[C@H](c4cc(F)c(F)c(F)c4)CC3)CC2)C1. The fourth-order valence-electron chi connectivity index (χ4n) is 6.29. The van der Waals surface area contributed by atoms with E-state index < -0.39 is 17.5 Å². The molecule has 3 heteroatoms. The maximum Gasteiger partial charge on any atom is 0.194 e. The maximum absolute atomic E-state index is 13.5. The molecule has 3 saturated carbocycles. The van der Waals surface area contributed by atoms with E-state index in [1.165, 1.54) is 50.7 Å². The number of hydrogen-bond acceptors (Lipinski definition) is 0. The van der Waals surface area contributed by atoms with Crippen molar-refractivity contribution in [2.24, 2.45) is 23.2 Å². The Balaban J connectivity index is 1.32. The Labute approximate surface area is 149 Å². The molecule has 0 amide bonds. The van der Waals surface area contributed by atoms with Crippen LogP contribution in [0.5, 0.6) is 0 Å². The molecule has 3 fully saturated rings. The van der Waals surface area contributed by atoms with Gasteiger partial charge < -0.3 is 0 Å². The zero-order valence-corrected chi connectivity index (χ0v) is 15.2. The molecular formula is C22H29F3. The standard InChI is InChI=1S/C22H29F3/c1-14-12-22(13-14)8-6-17(7-9-22)15-2-4-16(5-3-15)18-10-19(23)21(25)20(24)11-18/h10-11,14-17H,2-9,12-13H2,1H3/t14?,15-,16-,17?,22?. The lowest BCUT2D eigenvalue weighted by Crippen LogP contribution is -2.40. The first-order valence-electron chi connectivity index (χ1n) is 10.1. The fourth-order valence-corrected chi connectivity index (χ4v) is 6.29. The van der Waals surface area contributed by atoms with E-state index >= 15 is 0 Å². The van der Waals surface area contributed by atoms with Crippen molar-refractivity contribution in [2.45, 2.75) is 77.0 Å². The van der Waals surface area contributed by atoms with Gasteiger partial charge in [-0.15, -0.1) is 0 Å². The van der Waals surface area contributed by atoms with Crippen LogP contribution >= 0.6 is 0 Å². The highest BCUT2D eigenvalue weighted by Gasteiger charge is 2.45. The lowest BCUT2D eigenvalue weighted by molar-refractivity contribution is -0.00512. The zero-order chi connectivity index (χ0) is 17.6. The van der Waals surface area contributed by atoms with Crippen molar-refractivity contribution in [1.82, 2.24) is 0 Å². The number of rotatable bonds is 2. The molecule has 0 aliphatic heterocycles. The van der Waals surface area contributed by atoms with Gasteiger partial charge >= 0.3 is 0 Å². The second-order valence-corrected chi connectivity index (χ2v) is 9.26. The number of hydrogen-bond donors (Lipinski definition) is 0. The molecule has 0 atom stereocenters. The highest BCUT2D eigenvalue weighted by Crippen LogP contribution is 2.57. The Morgan fingerprint density at radius 2 is 1.32 bits per heavy atom. The van der Waals surface area contributed by atoms with Crippen molar-refractivity contribution in [3.63, 3.8) is 0 Å². The van der Waals surface area contributed by atoms with E-state index in [1.807, 2.05) is 0 Å². The van der Waals surface area contributed by atoms with E-state index in [0.717, 1.165) is 43.4 Å². The third-order valence-corrected chi connectivity index (χ3v) is 7.57. The van der Waals surface area contributed by atoms with Crippen molar-refractivity contribution in [3.8, 4) is 0 Å². The third-order valence-electron chi connectivity index (χ3n) is 7.57. The van der Waals surface area contributed by atoms with Crippen molar-refractivity contribution < 1.29 is 13.2 Å². The molecule has 138 valence electrons. The molecule has 25 heavy (non-hydrogen) atoms. The van der Waals surface area contributed by atoms with Gasteiger partial charge in [0.05, 0.1) is 0 Å². The van der Waals surface area contributed by atoms with Crippen LogP contribution in [-0.2, 0) is 0 Å². The second-order valence-electron chi connectivity index (χ2n) is 9.26. The predicted octanol–water partition coefficient (Wildman–Crippen LogP) is 6.98. The van der Waals surface area contributed by atoms with Crippen molar-refractivity contribution in [2.75, 3.05) is 0 Å². The summed E-state index contributed by atoms with van der Waals surface area (Å²) in [7, 11) is 0. The summed E-state index contributed by atoms with van der Waals surface area (Å²) in [5.74, 6) is -0.704. The second kappa shape index (κ2) is 6.63. The van der Waals surface area contributed by atoms with Gasteiger partial charge in [0.25, 0.3) is 0 Å². The highest BCUT2D eigenvalue weighted by atomic mass is 19.2. The first-order chi connectivity index (χ1) is 12.0. The van der Waals surface area contributed by atoms with Crippen LogP contribution in [0.2, 0.25) is 0 Å². The summed E-state index contributed by atoms with van der Waals surface area (Å²) >= 11 is 0. The number of benzene rings is 1. The molecule has 3 aliphatic rings. The molecular weight excluding hydrogens is 321 g/mol. The molecule has 0 nitrogen and oxygen atoms in total. The minimum Gasteiger partial charge on any atom is -0.204 e. The van der Waals surface area contributed by atoms with Crippen LogP contribution < -0.4 is 0 Å². The summed E-state index contributed by atoms with van der Waals surface area (Å²) in [5, 5.41) is 0.